The van der Waals surface area contributed by atoms with Crippen LogP contribution in [-0.2, 0) is 0 Å². The molecule has 6 heteroatoms. The maximum Gasteiger partial charge on any atom is 0.251 e. The fourth-order valence-electron chi connectivity index (χ4n) is 1.81. The Kier molecular flexibility index (Phi) is 4.45. The van der Waals surface area contributed by atoms with Crippen LogP contribution in [0.1, 0.15) is 15.9 Å². The number of rotatable bonds is 3. The zero-order valence-electron chi connectivity index (χ0n) is 11.3. The monoisotopic (exact) mass is 344 g/mol. The van der Waals surface area contributed by atoms with Gasteiger partial charge >= 0.3 is 0 Å². The molecule has 0 saturated heterocycles. The van der Waals surface area contributed by atoms with Crippen molar-refractivity contribution in [1.82, 2.24) is 5.32 Å². The van der Waals surface area contributed by atoms with Crippen LogP contribution in [0.2, 0.25) is 0 Å². The second kappa shape index (κ2) is 6.29. The Morgan fingerprint density at radius 3 is 2.67 bits per heavy atom. The molecular formula is C15H13BrN4O. The number of nitrogen functional groups attached to an aromatic ring is 1. The van der Waals surface area contributed by atoms with Crippen molar-refractivity contribution < 1.29 is 4.79 Å². The predicted molar refractivity (Wildman–Crippen MR) is 86.4 cm³/mol. The number of nitrogens with zero attached hydrogens (tertiary/aromatic N) is 1. The maximum atomic E-state index is 11.7. The van der Waals surface area contributed by atoms with E-state index >= 15 is 0 Å². The zero-order valence-corrected chi connectivity index (χ0v) is 12.9. The highest BCUT2D eigenvalue weighted by Gasteiger charge is 2.09. The fourth-order valence-corrected chi connectivity index (χ4v) is 2.17. The molecule has 0 heterocycles. The van der Waals surface area contributed by atoms with Crippen molar-refractivity contribution >= 4 is 38.9 Å². The van der Waals surface area contributed by atoms with Crippen LogP contribution < -0.4 is 16.4 Å². The van der Waals surface area contributed by atoms with E-state index in [1.165, 1.54) is 0 Å². The van der Waals surface area contributed by atoms with Gasteiger partial charge in [-0.15, -0.1) is 0 Å². The first-order valence-corrected chi connectivity index (χ1v) is 6.92. The molecule has 0 spiro atoms. The van der Waals surface area contributed by atoms with Crippen molar-refractivity contribution in [2.45, 2.75) is 0 Å². The molecular weight excluding hydrogens is 332 g/mol. The standard InChI is InChI=1S/C15H13BrN4O/c1-19-15(21)9-3-5-12(18)14(6-9)20-13-7-11(16)4-2-10(13)8-17/h2-7,20H,18H2,1H3,(H,19,21). The van der Waals surface area contributed by atoms with Crippen LogP contribution >= 0.6 is 15.9 Å². The van der Waals surface area contributed by atoms with Crippen molar-refractivity contribution in [3.63, 3.8) is 0 Å². The van der Waals surface area contributed by atoms with Gasteiger partial charge in [-0.25, -0.2) is 0 Å². The highest BCUT2D eigenvalue weighted by atomic mass is 79.9. The molecule has 2 aromatic rings. The quantitative estimate of drug-likeness (QED) is 0.746. The predicted octanol–water partition coefficient (Wildman–Crippen LogP) is 3.01. The van der Waals surface area contributed by atoms with Gasteiger partial charge < -0.3 is 16.4 Å². The van der Waals surface area contributed by atoms with E-state index in [4.69, 9.17) is 11.0 Å². The number of halogens is 1. The molecule has 4 N–H and O–H groups in total. The number of nitrogens with two attached hydrogens (primary N) is 1. The molecule has 2 rings (SSSR count). The molecule has 0 saturated carbocycles. The average molecular weight is 345 g/mol. The van der Waals surface area contributed by atoms with Crippen LogP contribution in [-0.4, -0.2) is 13.0 Å². The minimum absolute atomic E-state index is 0.201. The highest BCUT2D eigenvalue weighted by Crippen LogP contribution is 2.28. The first-order chi connectivity index (χ1) is 10.0. The summed E-state index contributed by atoms with van der Waals surface area (Å²) in [5.41, 5.74) is 8.58. The van der Waals surface area contributed by atoms with Crippen molar-refractivity contribution in [3.05, 3.63) is 52.0 Å². The summed E-state index contributed by atoms with van der Waals surface area (Å²) in [6, 6.07) is 12.3. The number of carbonyl (C=O) groups is 1. The lowest BCUT2D eigenvalue weighted by molar-refractivity contribution is 0.0963. The van der Waals surface area contributed by atoms with Crippen LogP contribution in [0.3, 0.4) is 0 Å². The molecule has 2 aromatic carbocycles. The van der Waals surface area contributed by atoms with Gasteiger partial charge in [0.05, 0.1) is 22.6 Å². The van der Waals surface area contributed by atoms with Crippen LogP contribution in [0.15, 0.2) is 40.9 Å². The largest absolute Gasteiger partial charge is 0.397 e. The highest BCUT2D eigenvalue weighted by molar-refractivity contribution is 9.10. The van der Waals surface area contributed by atoms with E-state index in [0.29, 0.717) is 28.2 Å². The number of carbonyl (C=O) groups excluding carboxylic acids is 1. The molecule has 0 aromatic heterocycles. The SMILES string of the molecule is CNC(=O)c1ccc(N)c(Nc2cc(Br)ccc2C#N)c1. The molecule has 0 bridgehead atoms. The average Bonchev–Trinajstić information content (AvgIpc) is 2.49. The lowest BCUT2D eigenvalue weighted by Crippen LogP contribution is -2.18. The molecule has 0 aliphatic carbocycles. The Balaban J connectivity index is 2.42. The van der Waals surface area contributed by atoms with E-state index < -0.39 is 0 Å². The summed E-state index contributed by atoms with van der Waals surface area (Å²) in [4.78, 5) is 11.7. The van der Waals surface area contributed by atoms with Crippen molar-refractivity contribution in [3.8, 4) is 6.07 Å². The van der Waals surface area contributed by atoms with Gasteiger partial charge in [0.15, 0.2) is 0 Å². The molecule has 1 amide bonds. The summed E-state index contributed by atoms with van der Waals surface area (Å²) in [5.74, 6) is -0.201. The van der Waals surface area contributed by atoms with E-state index in [0.717, 1.165) is 4.47 Å². The summed E-state index contributed by atoms with van der Waals surface area (Å²) in [6.07, 6.45) is 0. The van der Waals surface area contributed by atoms with Crippen LogP contribution in [0.4, 0.5) is 17.1 Å². The van der Waals surface area contributed by atoms with Gasteiger partial charge in [0.1, 0.15) is 6.07 Å². The number of benzene rings is 2. The van der Waals surface area contributed by atoms with E-state index in [-0.39, 0.29) is 5.91 Å². The summed E-state index contributed by atoms with van der Waals surface area (Å²) in [6.45, 7) is 0. The van der Waals surface area contributed by atoms with E-state index in [2.05, 4.69) is 32.6 Å². The molecule has 5 nitrogen and oxygen atoms in total. The van der Waals surface area contributed by atoms with Crippen LogP contribution in [0, 0.1) is 11.3 Å². The summed E-state index contributed by atoms with van der Waals surface area (Å²) < 4.78 is 0.838. The zero-order chi connectivity index (χ0) is 15.4. The van der Waals surface area contributed by atoms with Gasteiger partial charge in [-0.2, -0.15) is 5.26 Å². The Labute approximate surface area is 130 Å². The molecule has 21 heavy (non-hydrogen) atoms. The van der Waals surface area contributed by atoms with Gasteiger partial charge in [-0.1, -0.05) is 15.9 Å². The number of nitriles is 1. The minimum Gasteiger partial charge on any atom is -0.397 e. The second-order valence-electron chi connectivity index (χ2n) is 4.31. The van der Waals surface area contributed by atoms with E-state index in [9.17, 15) is 4.79 Å². The Morgan fingerprint density at radius 1 is 1.24 bits per heavy atom. The third-order valence-electron chi connectivity index (χ3n) is 2.91. The third kappa shape index (κ3) is 3.33. The molecule has 0 aliphatic rings. The van der Waals surface area contributed by atoms with Gasteiger partial charge in [0, 0.05) is 17.1 Å². The van der Waals surface area contributed by atoms with Crippen LogP contribution in [0.5, 0.6) is 0 Å². The van der Waals surface area contributed by atoms with Crippen molar-refractivity contribution in [2.75, 3.05) is 18.1 Å². The van der Waals surface area contributed by atoms with Gasteiger partial charge in [0.25, 0.3) is 5.91 Å². The molecule has 0 atom stereocenters. The maximum absolute atomic E-state index is 11.7. The van der Waals surface area contributed by atoms with E-state index in [1.54, 1.807) is 43.4 Å². The lowest BCUT2D eigenvalue weighted by Gasteiger charge is -2.12. The Morgan fingerprint density at radius 2 is 2.00 bits per heavy atom. The number of hydrogen-bond acceptors (Lipinski definition) is 4. The molecule has 106 valence electrons. The smallest absolute Gasteiger partial charge is 0.251 e. The first-order valence-electron chi connectivity index (χ1n) is 6.13. The second-order valence-corrected chi connectivity index (χ2v) is 5.22. The molecule has 0 unspecified atom stereocenters. The third-order valence-corrected chi connectivity index (χ3v) is 3.41. The Bertz CT molecular complexity index is 737. The van der Waals surface area contributed by atoms with Crippen molar-refractivity contribution in [2.24, 2.45) is 0 Å². The Hall–Kier alpha value is -2.52. The summed E-state index contributed by atoms with van der Waals surface area (Å²) in [5, 5.41) is 14.8. The number of hydrogen-bond donors (Lipinski definition) is 3. The minimum atomic E-state index is -0.201. The number of anilines is 3. The topological polar surface area (TPSA) is 90.9 Å². The van der Waals surface area contributed by atoms with Crippen LogP contribution in [0.25, 0.3) is 0 Å². The summed E-state index contributed by atoms with van der Waals surface area (Å²) >= 11 is 3.36. The number of amides is 1. The van der Waals surface area contributed by atoms with Gasteiger partial charge in [0.2, 0.25) is 0 Å². The van der Waals surface area contributed by atoms with Crippen molar-refractivity contribution in [1.29, 1.82) is 5.26 Å². The summed E-state index contributed by atoms with van der Waals surface area (Å²) in [7, 11) is 1.56. The molecule has 0 radical (unpaired) electrons. The fraction of sp³-hybridized carbons (Fsp3) is 0.0667. The van der Waals surface area contributed by atoms with Gasteiger partial charge in [-0.05, 0) is 36.4 Å². The van der Waals surface area contributed by atoms with Gasteiger partial charge in [-0.3, -0.25) is 4.79 Å². The number of nitrogens with one attached hydrogen (secondary N) is 2. The van der Waals surface area contributed by atoms with E-state index in [1.807, 2.05) is 0 Å². The normalized spacial score (nSPS) is 9.76. The molecule has 0 fully saturated rings. The first kappa shape index (κ1) is 14.9. The molecule has 0 aliphatic heterocycles. The lowest BCUT2D eigenvalue weighted by atomic mass is 10.1.